The number of carbonyl (C=O) groups is 2. The number of hydrogen-bond acceptors (Lipinski definition) is 4. The number of amides is 2. The van der Waals surface area contributed by atoms with Crippen LogP contribution in [0.5, 0.6) is 5.75 Å². The highest BCUT2D eigenvalue weighted by atomic mass is 16.5. The zero-order valence-corrected chi connectivity index (χ0v) is 14.7. The van der Waals surface area contributed by atoms with Crippen LogP contribution in [0.15, 0.2) is 24.3 Å². The van der Waals surface area contributed by atoms with Crippen LogP contribution in [0.1, 0.15) is 43.0 Å². The average Bonchev–Trinajstić information content (AvgIpc) is 3.17. The van der Waals surface area contributed by atoms with Crippen LogP contribution in [0.4, 0.5) is 0 Å². The van der Waals surface area contributed by atoms with E-state index in [0.29, 0.717) is 37.6 Å². The molecule has 0 aromatic heterocycles. The van der Waals surface area contributed by atoms with Crippen LogP contribution in [0.2, 0.25) is 0 Å². The van der Waals surface area contributed by atoms with Gasteiger partial charge in [-0.05, 0) is 44.7 Å². The summed E-state index contributed by atoms with van der Waals surface area (Å²) in [6, 6.07) is 7.46. The Labute approximate surface area is 148 Å². The molecule has 1 N–H and O–H groups in total. The van der Waals surface area contributed by atoms with Crippen LogP contribution >= 0.6 is 0 Å². The van der Waals surface area contributed by atoms with E-state index in [0.717, 1.165) is 25.7 Å². The third-order valence-corrected chi connectivity index (χ3v) is 4.77. The molecule has 0 saturated carbocycles. The number of likely N-dealkylation sites (tertiary alicyclic amines) is 1. The summed E-state index contributed by atoms with van der Waals surface area (Å²) in [5.41, 5.74) is 0.603. The summed E-state index contributed by atoms with van der Waals surface area (Å²) in [7, 11) is 0. The van der Waals surface area contributed by atoms with E-state index >= 15 is 0 Å². The highest BCUT2D eigenvalue weighted by molar-refractivity contribution is 5.97. The number of para-hydroxylation sites is 1. The van der Waals surface area contributed by atoms with Gasteiger partial charge < -0.3 is 19.7 Å². The number of carbonyl (C=O) groups excluding carboxylic acids is 2. The fourth-order valence-electron chi connectivity index (χ4n) is 3.40. The lowest BCUT2D eigenvalue weighted by molar-refractivity contribution is -0.131. The maximum Gasteiger partial charge on any atom is 0.257 e. The van der Waals surface area contributed by atoms with Gasteiger partial charge in [-0.1, -0.05) is 12.1 Å². The predicted octanol–water partition coefficient (Wildman–Crippen LogP) is 1.99. The van der Waals surface area contributed by atoms with E-state index < -0.39 is 0 Å². The molecule has 6 nitrogen and oxygen atoms in total. The van der Waals surface area contributed by atoms with Crippen molar-refractivity contribution < 1.29 is 19.1 Å². The van der Waals surface area contributed by atoms with E-state index in [-0.39, 0.29) is 24.0 Å². The number of benzene rings is 1. The summed E-state index contributed by atoms with van der Waals surface area (Å²) in [4.78, 5) is 26.7. The molecule has 1 atom stereocenters. The number of nitrogens with zero attached hydrogens (tertiary/aromatic N) is 1. The normalized spacial score (nSPS) is 21.2. The summed E-state index contributed by atoms with van der Waals surface area (Å²) in [6.45, 7) is 4.38. The Kier molecular flexibility index (Phi) is 5.91. The minimum atomic E-state index is -0.294. The van der Waals surface area contributed by atoms with Gasteiger partial charge in [-0.15, -0.1) is 0 Å². The van der Waals surface area contributed by atoms with Crippen molar-refractivity contribution in [3.05, 3.63) is 29.8 Å². The standard InChI is InChI=1S/C19H26N2O4/c1-2-24-16-7-4-3-6-15(16)19(23)21-11-9-14(10-12-21)20-18(22)17-8-5-13-25-17/h3-4,6-7,14,17H,2,5,8-13H2,1H3,(H,20,22). The second kappa shape index (κ2) is 8.34. The Hall–Kier alpha value is -2.08. The van der Waals surface area contributed by atoms with Crippen LogP contribution in [-0.4, -0.2) is 55.2 Å². The van der Waals surface area contributed by atoms with Crippen molar-refractivity contribution in [3.63, 3.8) is 0 Å². The lowest BCUT2D eigenvalue weighted by Gasteiger charge is -2.33. The van der Waals surface area contributed by atoms with E-state index in [1.54, 1.807) is 6.07 Å². The average molecular weight is 346 g/mol. The highest BCUT2D eigenvalue weighted by Gasteiger charge is 2.29. The molecule has 0 radical (unpaired) electrons. The fraction of sp³-hybridized carbons (Fsp3) is 0.579. The molecule has 6 heteroatoms. The Morgan fingerprint density at radius 3 is 2.68 bits per heavy atom. The molecule has 1 aromatic carbocycles. The number of piperidine rings is 1. The molecule has 1 unspecified atom stereocenters. The molecular weight excluding hydrogens is 320 g/mol. The van der Waals surface area contributed by atoms with Gasteiger partial charge in [0.25, 0.3) is 5.91 Å². The van der Waals surface area contributed by atoms with Gasteiger partial charge in [0.05, 0.1) is 12.2 Å². The molecule has 2 amide bonds. The highest BCUT2D eigenvalue weighted by Crippen LogP contribution is 2.22. The topological polar surface area (TPSA) is 67.9 Å². The number of hydrogen-bond donors (Lipinski definition) is 1. The minimum Gasteiger partial charge on any atom is -0.493 e. The van der Waals surface area contributed by atoms with Gasteiger partial charge in [-0.2, -0.15) is 0 Å². The van der Waals surface area contributed by atoms with Gasteiger partial charge in [0, 0.05) is 25.7 Å². The van der Waals surface area contributed by atoms with Crippen molar-refractivity contribution in [3.8, 4) is 5.75 Å². The number of ether oxygens (including phenoxy) is 2. The van der Waals surface area contributed by atoms with E-state index in [1.807, 2.05) is 30.0 Å². The molecule has 2 fully saturated rings. The largest absolute Gasteiger partial charge is 0.493 e. The first-order valence-corrected chi connectivity index (χ1v) is 9.12. The molecule has 2 saturated heterocycles. The van der Waals surface area contributed by atoms with Gasteiger partial charge in [-0.25, -0.2) is 0 Å². The lowest BCUT2D eigenvalue weighted by atomic mass is 10.0. The molecule has 0 spiro atoms. The first-order chi connectivity index (χ1) is 12.2. The molecule has 3 rings (SSSR count). The van der Waals surface area contributed by atoms with E-state index in [1.165, 1.54) is 0 Å². The zero-order valence-electron chi connectivity index (χ0n) is 14.7. The quantitative estimate of drug-likeness (QED) is 0.885. The van der Waals surface area contributed by atoms with Crippen LogP contribution in [-0.2, 0) is 9.53 Å². The Bertz CT molecular complexity index is 605. The van der Waals surface area contributed by atoms with Gasteiger partial charge in [0.15, 0.2) is 0 Å². The molecule has 0 aliphatic carbocycles. The van der Waals surface area contributed by atoms with Crippen molar-refractivity contribution in [2.24, 2.45) is 0 Å². The summed E-state index contributed by atoms with van der Waals surface area (Å²) in [6.07, 6.45) is 2.99. The van der Waals surface area contributed by atoms with Crippen LogP contribution < -0.4 is 10.1 Å². The minimum absolute atomic E-state index is 0.00653. The third kappa shape index (κ3) is 4.31. The molecule has 0 bridgehead atoms. The third-order valence-electron chi connectivity index (χ3n) is 4.77. The van der Waals surface area contributed by atoms with Gasteiger partial charge in [0.1, 0.15) is 11.9 Å². The summed E-state index contributed by atoms with van der Waals surface area (Å²) in [5.74, 6) is 0.612. The molecule has 2 aliphatic rings. The lowest BCUT2D eigenvalue weighted by Crippen LogP contribution is -2.48. The zero-order chi connectivity index (χ0) is 17.6. The SMILES string of the molecule is CCOc1ccccc1C(=O)N1CCC(NC(=O)C2CCCO2)CC1. The van der Waals surface area contributed by atoms with Crippen molar-refractivity contribution in [2.45, 2.75) is 44.8 Å². The Morgan fingerprint density at radius 1 is 1.24 bits per heavy atom. The first kappa shape index (κ1) is 17.7. The maximum atomic E-state index is 12.8. The van der Waals surface area contributed by atoms with Gasteiger partial charge in [-0.3, -0.25) is 9.59 Å². The second-order valence-electron chi connectivity index (χ2n) is 6.51. The van der Waals surface area contributed by atoms with E-state index in [9.17, 15) is 9.59 Å². The predicted molar refractivity (Wildman–Crippen MR) is 93.7 cm³/mol. The number of rotatable bonds is 5. The molecule has 2 heterocycles. The Balaban J connectivity index is 1.53. The molecule has 136 valence electrons. The second-order valence-corrected chi connectivity index (χ2v) is 6.51. The molecule has 2 aliphatic heterocycles. The van der Waals surface area contributed by atoms with Gasteiger partial charge >= 0.3 is 0 Å². The summed E-state index contributed by atoms with van der Waals surface area (Å²) < 4.78 is 11.0. The summed E-state index contributed by atoms with van der Waals surface area (Å²) >= 11 is 0. The first-order valence-electron chi connectivity index (χ1n) is 9.12. The van der Waals surface area contributed by atoms with Crippen LogP contribution in [0.25, 0.3) is 0 Å². The van der Waals surface area contributed by atoms with Crippen molar-refractivity contribution in [1.29, 1.82) is 0 Å². The number of nitrogens with one attached hydrogen (secondary N) is 1. The van der Waals surface area contributed by atoms with Crippen molar-refractivity contribution in [2.75, 3.05) is 26.3 Å². The Morgan fingerprint density at radius 2 is 2.00 bits per heavy atom. The summed E-state index contributed by atoms with van der Waals surface area (Å²) in [5, 5.41) is 3.07. The van der Waals surface area contributed by atoms with Crippen molar-refractivity contribution >= 4 is 11.8 Å². The van der Waals surface area contributed by atoms with Gasteiger partial charge in [0.2, 0.25) is 5.91 Å². The smallest absolute Gasteiger partial charge is 0.257 e. The molecule has 25 heavy (non-hydrogen) atoms. The van der Waals surface area contributed by atoms with E-state index in [4.69, 9.17) is 9.47 Å². The van der Waals surface area contributed by atoms with E-state index in [2.05, 4.69) is 5.32 Å². The maximum absolute atomic E-state index is 12.8. The van der Waals surface area contributed by atoms with Crippen LogP contribution in [0.3, 0.4) is 0 Å². The molecule has 1 aromatic rings. The van der Waals surface area contributed by atoms with Crippen LogP contribution in [0, 0.1) is 0 Å². The monoisotopic (exact) mass is 346 g/mol. The van der Waals surface area contributed by atoms with Crippen molar-refractivity contribution in [1.82, 2.24) is 10.2 Å². The molecular formula is C19H26N2O4. The fourth-order valence-corrected chi connectivity index (χ4v) is 3.40.